The quantitative estimate of drug-likeness (QED) is 0.634. The standard InChI is InChI=1S/C14H14Br2O3S/c1-17-8-6-11(20-7-8)12(15)9-4-5-10(18-2)13(16)14(9)19-3/h4-7,12H,1-3H3. The zero-order valence-corrected chi connectivity index (χ0v) is 15.3. The van der Waals surface area contributed by atoms with Gasteiger partial charge in [-0.25, -0.2) is 0 Å². The Hall–Kier alpha value is -0.720. The second-order valence-electron chi connectivity index (χ2n) is 3.96. The number of methoxy groups -OCH3 is 3. The minimum atomic E-state index is 0.0357. The van der Waals surface area contributed by atoms with E-state index in [1.807, 2.05) is 23.6 Å². The Bertz CT molecular complexity index is 598. The third-order valence-electron chi connectivity index (χ3n) is 2.87. The second-order valence-corrected chi connectivity index (χ2v) is 6.61. The summed E-state index contributed by atoms with van der Waals surface area (Å²) in [5.74, 6) is 2.37. The van der Waals surface area contributed by atoms with Crippen LogP contribution in [0.2, 0.25) is 0 Å². The molecule has 1 aromatic carbocycles. The molecule has 0 saturated carbocycles. The van der Waals surface area contributed by atoms with E-state index < -0.39 is 0 Å². The number of halogens is 2. The van der Waals surface area contributed by atoms with Gasteiger partial charge in [0.15, 0.2) is 0 Å². The SMILES string of the molecule is COc1csc(C(Br)c2ccc(OC)c(Br)c2OC)c1. The average molecular weight is 422 g/mol. The van der Waals surface area contributed by atoms with Gasteiger partial charge in [0.2, 0.25) is 0 Å². The van der Waals surface area contributed by atoms with E-state index in [0.717, 1.165) is 32.2 Å². The van der Waals surface area contributed by atoms with Gasteiger partial charge in [0.25, 0.3) is 0 Å². The lowest BCUT2D eigenvalue weighted by molar-refractivity contribution is 0.386. The number of hydrogen-bond acceptors (Lipinski definition) is 4. The van der Waals surface area contributed by atoms with E-state index in [4.69, 9.17) is 14.2 Å². The molecular formula is C14H14Br2O3S. The monoisotopic (exact) mass is 420 g/mol. The van der Waals surface area contributed by atoms with E-state index in [0.29, 0.717) is 0 Å². The molecule has 1 heterocycles. The van der Waals surface area contributed by atoms with Gasteiger partial charge in [0, 0.05) is 15.8 Å². The number of thiophene rings is 1. The first-order chi connectivity index (χ1) is 9.62. The lowest BCUT2D eigenvalue weighted by atomic mass is 10.1. The Labute approximate surface area is 139 Å². The third kappa shape index (κ3) is 2.97. The summed E-state index contributed by atoms with van der Waals surface area (Å²) in [4.78, 5) is 1.19. The summed E-state index contributed by atoms with van der Waals surface area (Å²) in [5.41, 5.74) is 1.03. The normalized spacial score (nSPS) is 12.1. The highest BCUT2D eigenvalue weighted by molar-refractivity contribution is 9.10. The molecule has 2 rings (SSSR count). The van der Waals surface area contributed by atoms with Crippen molar-refractivity contribution in [3.8, 4) is 17.2 Å². The van der Waals surface area contributed by atoms with Crippen LogP contribution >= 0.6 is 43.2 Å². The van der Waals surface area contributed by atoms with E-state index in [1.165, 1.54) is 0 Å². The van der Waals surface area contributed by atoms with Gasteiger partial charge < -0.3 is 14.2 Å². The fourth-order valence-corrected chi connectivity index (χ4v) is 4.19. The summed E-state index contributed by atoms with van der Waals surface area (Å²) in [6, 6.07) is 5.93. The first kappa shape index (κ1) is 15.7. The molecule has 0 aliphatic carbocycles. The van der Waals surface area contributed by atoms with Gasteiger partial charge in [-0.05, 0) is 28.1 Å². The van der Waals surface area contributed by atoms with Gasteiger partial charge in [0.05, 0.1) is 26.2 Å². The Kier molecular flexibility index (Phi) is 5.35. The lowest BCUT2D eigenvalue weighted by Crippen LogP contribution is -1.98. The maximum atomic E-state index is 5.51. The van der Waals surface area contributed by atoms with Gasteiger partial charge in [-0.15, -0.1) is 11.3 Å². The van der Waals surface area contributed by atoms with E-state index in [9.17, 15) is 0 Å². The van der Waals surface area contributed by atoms with Crippen molar-refractivity contribution in [3.63, 3.8) is 0 Å². The molecule has 0 spiro atoms. The zero-order chi connectivity index (χ0) is 14.7. The molecule has 20 heavy (non-hydrogen) atoms. The van der Waals surface area contributed by atoms with Gasteiger partial charge in [-0.3, -0.25) is 0 Å². The highest BCUT2D eigenvalue weighted by Gasteiger charge is 2.21. The van der Waals surface area contributed by atoms with Crippen molar-refractivity contribution in [2.45, 2.75) is 4.83 Å². The van der Waals surface area contributed by atoms with E-state index in [2.05, 4.69) is 31.9 Å². The van der Waals surface area contributed by atoms with Gasteiger partial charge in [0.1, 0.15) is 21.7 Å². The van der Waals surface area contributed by atoms with E-state index in [-0.39, 0.29) is 4.83 Å². The first-order valence-corrected chi connectivity index (χ1v) is 8.38. The number of rotatable bonds is 5. The molecule has 1 unspecified atom stereocenters. The van der Waals surface area contributed by atoms with Crippen LogP contribution in [-0.2, 0) is 0 Å². The molecule has 0 bridgehead atoms. The predicted octanol–water partition coefficient (Wildman–Crippen LogP) is 5.02. The molecule has 3 nitrogen and oxygen atoms in total. The van der Waals surface area contributed by atoms with Crippen LogP contribution in [0, 0.1) is 0 Å². The van der Waals surface area contributed by atoms with Crippen LogP contribution in [-0.4, -0.2) is 21.3 Å². The number of hydrogen-bond donors (Lipinski definition) is 0. The largest absolute Gasteiger partial charge is 0.496 e. The molecule has 0 saturated heterocycles. The zero-order valence-electron chi connectivity index (χ0n) is 11.3. The summed E-state index contributed by atoms with van der Waals surface area (Å²) in [7, 11) is 4.95. The second kappa shape index (κ2) is 6.83. The van der Waals surface area contributed by atoms with Crippen LogP contribution < -0.4 is 14.2 Å². The lowest BCUT2D eigenvalue weighted by Gasteiger charge is -2.16. The van der Waals surface area contributed by atoms with Crippen molar-refractivity contribution in [1.82, 2.24) is 0 Å². The Morgan fingerprint density at radius 2 is 1.85 bits per heavy atom. The summed E-state index contributed by atoms with van der Waals surface area (Å²) in [6.45, 7) is 0. The Balaban J connectivity index is 2.43. The minimum Gasteiger partial charge on any atom is -0.496 e. The summed E-state index contributed by atoms with van der Waals surface area (Å²) < 4.78 is 16.8. The smallest absolute Gasteiger partial charge is 0.141 e. The molecule has 0 aliphatic rings. The maximum absolute atomic E-state index is 5.51. The van der Waals surface area contributed by atoms with Gasteiger partial charge >= 0.3 is 0 Å². The maximum Gasteiger partial charge on any atom is 0.141 e. The molecular weight excluding hydrogens is 408 g/mol. The van der Waals surface area contributed by atoms with Crippen molar-refractivity contribution in [3.05, 3.63) is 38.5 Å². The fourth-order valence-electron chi connectivity index (χ4n) is 1.85. The Morgan fingerprint density at radius 3 is 2.40 bits per heavy atom. The van der Waals surface area contributed by atoms with Crippen molar-refractivity contribution in [2.24, 2.45) is 0 Å². The molecule has 0 amide bonds. The summed E-state index contributed by atoms with van der Waals surface area (Å²) in [5, 5.41) is 1.98. The molecule has 6 heteroatoms. The first-order valence-electron chi connectivity index (χ1n) is 5.79. The fraction of sp³-hybridized carbons (Fsp3) is 0.286. The molecule has 1 aromatic heterocycles. The van der Waals surface area contributed by atoms with Crippen LogP contribution in [0.25, 0.3) is 0 Å². The van der Waals surface area contributed by atoms with Crippen molar-refractivity contribution in [2.75, 3.05) is 21.3 Å². The number of benzene rings is 1. The van der Waals surface area contributed by atoms with Crippen LogP contribution in [0.1, 0.15) is 15.3 Å². The molecule has 0 radical (unpaired) electrons. The molecule has 1 atom stereocenters. The van der Waals surface area contributed by atoms with E-state index in [1.54, 1.807) is 32.7 Å². The van der Waals surface area contributed by atoms with Crippen molar-refractivity contribution < 1.29 is 14.2 Å². The van der Waals surface area contributed by atoms with E-state index >= 15 is 0 Å². The topological polar surface area (TPSA) is 27.7 Å². The molecule has 0 N–H and O–H groups in total. The van der Waals surface area contributed by atoms with Gasteiger partial charge in [-0.2, -0.15) is 0 Å². The predicted molar refractivity (Wildman–Crippen MR) is 88.9 cm³/mol. The van der Waals surface area contributed by atoms with Gasteiger partial charge in [-0.1, -0.05) is 22.0 Å². The van der Waals surface area contributed by atoms with Crippen molar-refractivity contribution in [1.29, 1.82) is 0 Å². The molecule has 108 valence electrons. The summed E-state index contributed by atoms with van der Waals surface area (Å²) in [6.07, 6.45) is 0. The molecule has 0 aliphatic heterocycles. The van der Waals surface area contributed by atoms with Crippen LogP contribution in [0.3, 0.4) is 0 Å². The highest BCUT2D eigenvalue weighted by atomic mass is 79.9. The molecule has 2 aromatic rings. The van der Waals surface area contributed by atoms with Crippen LogP contribution in [0.4, 0.5) is 0 Å². The van der Waals surface area contributed by atoms with Crippen molar-refractivity contribution >= 4 is 43.2 Å². The average Bonchev–Trinajstić information content (AvgIpc) is 2.95. The summed E-state index contributed by atoms with van der Waals surface area (Å²) >= 11 is 8.88. The minimum absolute atomic E-state index is 0.0357. The van der Waals surface area contributed by atoms with Crippen LogP contribution in [0.15, 0.2) is 28.1 Å². The Morgan fingerprint density at radius 1 is 1.10 bits per heavy atom. The number of ether oxygens (including phenoxy) is 3. The van der Waals surface area contributed by atoms with Crippen LogP contribution in [0.5, 0.6) is 17.2 Å². The third-order valence-corrected chi connectivity index (χ3v) is 5.89. The number of alkyl halides is 1. The molecule has 0 fully saturated rings. The highest BCUT2D eigenvalue weighted by Crippen LogP contribution is 2.45.